The van der Waals surface area contributed by atoms with E-state index in [0.717, 1.165) is 47.8 Å². The van der Waals surface area contributed by atoms with E-state index in [1.165, 1.54) is 5.56 Å². The standard InChI is InChI=1S/C24H26N6O.H2O4S/c1-24(22(25)31)14-17-10-5-6-12-19(17)30(24)23-28-20-18(11-7-13-26-20)21(29-23)27-15-16-8-3-2-4-9-16;1-5(2,3)4/h2-6,8-10,12H,7,11,13-15H2,1H3,(H2,25,31)(H2,26,27,28,29);(H2,1,2,3,4). The van der Waals surface area contributed by atoms with E-state index in [2.05, 4.69) is 22.8 Å². The van der Waals surface area contributed by atoms with Crippen molar-refractivity contribution in [2.24, 2.45) is 5.73 Å². The topological polar surface area (TPSA) is 171 Å². The number of carbonyl (C=O) groups is 1. The van der Waals surface area contributed by atoms with Crippen molar-refractivity contribution in [3.8, 4) is 0 Å². The van der Waals surface area contributed by atoms with Crippen molar-refractivity contribution in [3.63, 3.8) is 0 Å². The van der Waals surface area contributed by atoms with Crippen molar-refractivity contribution in [1.29, 1.82) is 0 Å². The van der Waals surface area contributed by atoms with E-state index in [4.69, 9.17) is 33.2 Å². The Labute approximate surface area is 209 Å². The van der Waals surface area contributed by atoms with Gasteiger partial charge in [0.25, 0.3) is 0 Å². The van der Waals surface area contributed by atoms with Crippen LogP contribution in [0.2, 0.25) is 0 Å². The van der Waals surface area contributed by atoms with Crippen molar-refractivity contribution >= 4 is 39.6 Å². The molecule has 3 heterocycles. The van der Waals surface area contributed by atoms with Gasteiger partial charge in [-0.3, -0.25) is 18.8 Å². The number of para-hydroxylation sites is 1. The molecule has 1 unspecified atom stereocenters. The number of fused-ring (bicyclic) bond motifs is 2. The van der Waals surface area contributed by atoms with Crippen LogP contribution in [0.4, 0.5) is 23.3 Å². The largest absolute Gasteiger partial charge is 0.394 e. The van der Waals surface area contributed by atoms with Gasteiger partial charge >= 0.3 is 10.4 Å². The van der Waals surface area contributed by atoms with Crippen LogP contribution < -0.4 is 21.3 Å². The predicted octanol–water partition coefficient (Wildman–Crippen LogP) is 2.73. The van der Waals surface area contributed by atoms with Gasteiger partial charge in [-0.05, 0) is 37.0 Å². The SMILES string of the molecule is CC1(C(N)=O)Cc2ccccc2N1c1nc2c(c(NCc3ccccc3)n1)CCCN2.O=S(=O)(O)O. The van der Waals surface area contributed by atoms with Crippen LogP contribution in [0.5, 0.6) is 0 Å². The maximum absolute atomic E-state index is 12.6. The van der Waals surface area contributed by atoms with Crippen molar-refractivity contribution in [3.05, 3.63) is 71.3 Å². The van der Waals surface area contributed by atoms with E-state index in [1.807, 2.05) is 54.3 Å². The summed E-state index contributed by atoms with van der Waals surface area (Å²) in [5, 5.41) is 6.91. The van der Waals surface area contributed by atoms with E-state index in [0.29, 0.717) is 18.9 Å². The van der Waals surface area contributed by atoms with Crippen molar-refractivity contribution in [1.82, 2.24) is 9.97 Å². The normalized spacial score (nSPS) is 18.2. The Morgan fingerprint density at radius 2 is 1.81 bits per heavy atom. The Kier molecular flexibility index (Phi) is 7.11. The van der Waals surface area contributed by atoms with Gasteiger partial charge in [-0.25, -0.2) is 0 Å². The lowest BCUT2D eigenvalue weighted by molar-refractivity contribution is -0.122. The summed E-state index contributed by atoms with van der Waals surface area (Å²) in [6.45, 7) is 3.39. The zero-order valence-electron chi connectivity index (χ0n) is 19.7. The zero-order valence-corrected chi connectivity index (χ0v) is 20.5. The molecule has 0 saturated carbocycles. The molecule has 0 aliphatic carbocycles. The smallest absolute Gasteiger partial charge is 0.370 e. The summed E-state index contributed by atoms with van der Waals surface area (Å²) in [5.41, 5.74) is 9.20. The minimum absolute atomic E-state index is 0.392. The monoisotopic (exact) mass is 512 g/mol. The maximum Gasteiger partial charge on any atom is 0.394 e. The maximum atomic E-state index is 12.6. The summed E-state index contributed by atoms with van der Waals surface area (Å²) in [5.74, 6) is 1.71. The number of nitrogens with one attached hydrogen (secondary N) is 2. The highest BCUT2D eigenvalue weighted by Crippen LogP contribution is 2.44. The molecule has 12 heteroatoms. The molecular weight excluding hydrogens is 484 g/mol. The molecule has 1 aromatic heterocycles. The van der Waals surface area contributed by atoms with Crippen LogP contribution >= 0.6 is 0 Å². The first-order valence-electron chi connectivity index (χ1n) is 11.4. The number of nitrogens with zero attached hydrogens (tertiary/aromatic N) is 3. The van der Waals surface area contributed by atoms with E-state index in [-0.39, 0.29) is 0 Å². The molecule has 2 aliphatic rings. The number of amides is 1. The number of carbonyl (C=O) groups excluding carboxylic acids is 1. The molecule has 0 bridgehead atoms. The summed E-state index contributed by atoms with van der Waals surface area (Å²) in [4.78, 5) is 24.2. The number of hydrogen-bond donors (Lipinski definition) is 5. The highest BCUT2D eigenvalue weighted by Gasteiger charge is 2.47. The number of hydrogen-bond acceptors (Lipinski definition) is 8. The molecule has 2 aliphatic heterocycles. The third kappa shape index (κ3) is 5.56. The van der Waals surface area contributed by atoms with Gasteiger partial charge in [0.2, 0.25) is 11.9 Å². The van der Waals surface area contributed by atoms with Crippen LogP contribution in [-0.2, 0) is 34.6 Å². The van der Waals surface area contributed by atoms with Crippen molar-refractivity contribution < 1.29 is 22.3 Å². The Hall–Kier alpha value is -3.74. The average Bonchev–Trinajstić information content (AvgIpc) is 3.15. The number of benzene rings is 2. The number of nitrogens with two attached hydrogens (primary N) is 1. The molecule has 5 rings (SSSR count). The molecular formula is C24H28N6O5S. The first kappa shape index (κ1) is 25.4. The Morgan fingerprint density at radius 3 is 2.50 bits per heavy atom. The van der Waals surface area contributed by atoms with Crippen LogP contribution in [0.3, 0.4) is 0 Å². The van der Waals surface area contributed by atoms with Crippen molar-refractivity contribution in [2.45, 2.75) is 38.3 Å². The van der Waals surface area contributed by atoms with Gasteiger partial charge in [0.1, 0.15) is 17.2 Å². The minimum atomic E-state index is -4.67. The number of anilines is 4. The summed E-state index contributed by atoms with van der Waals surface area (Å²) in [7, 11) is -4.67. The summed E-state index contributed by atoms with van der Waals surface area (Å²) < 4.78 is 31.6. The Bertz CT molecular complexity index is 1360. The van der Waals surface area contributed by atoms with Gasteiger partial charge in [0.05, 0.1) is 0 Å². The lowest BCUT2D eigenvalue weighted by atomic mass is 9.96. The van der Waals surface area contributed by atoms with E-state index < -0.39 is 21.8 Å². The molecule has 0 fully saturated rings. The molecule has 2 aromatic carbocycles. The van der Waals surface area contributed by atoms with Crippen LogP contribution in [-0.4, -0.2) is 45.5 Å². The second kappa shape index (κ2) is 10.1. The number of aromatic nitrogens is 2. The molecule has 36 heavy (non-hydrogen) atoms. The zero-order chi connectivity index (χ0) is 25.9. The second-order valence-electron chi connectivity index (χ2n) is 8.80. The third-order valence-electron chi connectivity index (χ3n) is 6.19. The van der Waals surface area contributed by atoms with Crippen LogP contribution in [0, 0.1) is 0 Å². The van der Waals surface area contributed by atoms with Gasteiger partial charge in [-0.15, -0.1) is 0 Å². The Balaban J connectivity index is 0.000000556. The fraction of sp³-hybridized carbons (Fsp3) is 0.292. The molecule has 3 aromatic rings. The van der Waals surface area contributed by atoms with Gasteiger partial charge in [0, 0.05) is 30.8 Å². The lowest BCUT2D eigenvalue weighted by Gasteiger charge is -2.34. The molecule has 11 nitrogen and oxygen atoms in total. The molecule has 1 amide bonds. The van der Waals surface area contributed by atoms with E-state index in [9.17, 15) is 4.79 Å². The highest BCUT2D eigenvalue weighted by atomic mass is 32.3. The second-order valence-corrected chi connectivity index (χ2v) is 9.69. The fourth-order valence-electron chi connectivity index (χ4n) is 4.47. The van der Waals surface area contributed by atoms with Crippen LogP contribution in [0.25, 0.3) is 0 Å². The summed E-state index contributed by atoms with van der Waals surface area (Å²) in [6.07, 6.45) is 2.46. The highest BCUT2D eigenvalue weighted by molar-refractivity contribution is 7.79. The fourth-order valence-corrected chi connectivity index (χ4v) is 4.47. The molecule has 0 saturated heterocycles. The van der Waals surface area contributed by atoms with E-state index >= 15 is 0 Å². The first-order valence-corrected chi connectivity index (χ1v) is 12.8. The van der Waals surface area contributed by atoms with Gasteiger partial charge in [-0.2, -0.15) is 18.4 Å². The molecule has 190 valence electrons. The van der Waals surface area contributed by atoms with Crippen LogP contribution in [0.15, 0.2) is 54.6 Å². The molecule has 0 radical (unpaired) electrons. The number of primary amides is 1. The van der Waals surface area contributed by atoms with Gasteiger partial charge in [-0.1, -0.05) is 48.5 Å². The Morgan fingerprint density at radius 1 is 1.14 bits per heavy atom. The predicted molar refractivity (Wildman–Crippen MR) is 137 cm³/mol. The van der Waals surface area contributed by atoms with Gasteiger partial charge in [0.15, 0.2) is 0 Å². The van der Waals surface area contributed by atoms with Crippen LogP contribution in [0.1, 0.15) is 30.0 Å². The summed E-state index contributed by atoms with van der Waals surface area (Å²) in [6, 6.07) is 18.2. The minimum Gasteiger partial charge on any atom is -0.370 e. The molecule has 1 atom stereocenters. The number of rotatable bonds is 5. The summed E-state index contributed by atoms with van der Waals surface area (Å²) >= 11 is 0. The average molecular weight is 513 g/mol. The third-order valence-corrected chi connectivity index (χ3v) is 6.19. The first-order chi connectivity index (χ1) is 17.1. The van der Waals surface area contributed by atoms with E-state index in [1.54, 1.807) is 0 Å². The van der Waals surface area contributed by atoms with Gasteiger partial charge < -0.3 is 16.4 Å². The molecule has 6 N–H and O–H groups in total. The molecule has 0 spiro atoms. The lowest BCUT2D eigenvalue weighted by Crippen LogP contribution is -2.52. The quantitative estimate of drug-likeness (QED) is 0.320. The van der Waals surface area contributed by atoms with Crippen molar-refractivity contribution in [2.75, 3.05) is 22.1 Å².